The van der Waals surface area contributed by atoms with E-state index in [1.807, 2.05) is 0 Å². The molecule has 3 rings (SSSR count). The first kappa shape index (κ1) is 12.6. The molecule has 0 aliphatic carbocycles. The lowest BCUT2D eigenvalue weighted by Gasteiger charge is -2.08. The summed E-state index contributed by atoms with van der Waals surface area (Å²) in [5, 5.41) is 0.462. The topological polar surface area (TPSA) is 56.2 Å². The number of rotatable bonds is 2. The zero-order valence-electron chi connectivity index (χ0n) is 10.6. The number of nitrogens with two attached hydrogens (primary N) is 1. The molecule has 3 nitrogen and oxygen atoms in total. The standard InChI is InChI=1S/C16H12FNO2/c17-11-5-3-4-10(8-11)15-14(9-18)20-13-7-2-1-6-12(13)16(15)19/h1-8H,9,18H2. The lowest BCUT2D eigenvalue weighted by atomic mass is 10.0. The summed E-state index contributed by atoms with van der Waals surface area (Å²) in [5.41, 5.74) is 6.75. The second-order valence-corrected chi connectivity index (χ2v) is 4.44. The molecule has 100 valence electrons. The van der Waals surface area contributed by atoms with E-state index < -0.39 is 5.82 Å². The maximum atomic E-state index is 13.4. The molecule has 0 bridgehead atoms. The van der Waals surface area contributed by atoms with Gasteiger partial charge in [-0.3, -0.25) is 4.79 Å². The minimum atomic E-state index is -0.405. The third kappa shape index (κ3) is 2.00. The van der Waals surface area contributed by atoms with Crippen LogP contribution in [0.4, 0.5) is 4.39 Å². The van der Waals surface area contributed by atoms with Crippen LogP contribution in [-0.4, -0.2) is 0 Å². The zero-order valence-corrected chi connectivity index (χ0v) is 10.6. The van der Waals surface area contributed by atoms with Gasteiger partial charge in [-0.1, -0.05) is 24.3 Å². The van der Waals surface area contributed by atoms with Crippen molar-refractivity contribution in [1.82, 2.24) is 0 Å². The van der Waals surface area contributed by atoms with Crippen molar-refractivity contribution in [2.24, 2.45) is 5.73 Å². The van der Waals surface area contributed by atoms with Gasteiger partial charge in [-0.2, -0.15) is 0 Å². The second-order valence-electron chi connectivity index (χ2n) is 4.44. The Balaban J connectivity index is 2.40. The van der Waals surface area contributed by atoms with E-state index in [0.717, 1.165) is 0 Å². The highest BCUT2D eigenvalue weighted by molar-refractivity contribution is 5.82. The van der Waals surface area contributed by atoms with E-state index in [9.17, 15) is 9.18 Å². The number of halogens is 1. The first-order chi connectivity index (χ1) is 9.70. The third-order valence-corrected chi connectivity index (χ3v) is 3.17. The molecule has 0 spiro atoms. The third-order valence-electron chi connectivity index (χ3n) is 3.17. The molecular weight excluding hydrogens is 257 g/mol. The zero-order chi connectivity index (χ0) is 14.1. The molecule has 20 heavy (non-hydrogen) atoms. The first-order valence-corrected chi connectivity index (χ1v) is 6.21. The molecule has 0 atom stereocenters. The monoisotopic (exact) mass is 269 g/mol. The van der Waals surface area contributed by atoms with Gasteiger partial charge in [0.25, 0.3) is 0 Å². The highest BCUT2D eigenvalue weighted by Gasteiger charge is 2.15. The quantitative estimate of drug-likeness (QED) is 0.778. The molecule has 0 saturated carbocycles. The lowest BCUT2D eigenvalue weighted by molar-refractivity contribution is 0.541. The Labute approximate surface area is 114 Å². The molecule has 2 aromatic carbocycles. The largest absolute Gasteiger partial charge is 0.459 e. The van der Waals surface area contributed by atoms with Gasteiger partial charge in [-0.15, -0.1) is 0 Å². The van der Waals surface area contributed by atoms with Crippen LogP contribution in [0.2, 0.25) is 0 Å². The molecule has 0 fully saturated rings. The van der Waals surface area contributed by atoms with Gasteiger partial charge in [0.1, 0.15) is 17.2 Å². The normalized spacial score (nSPS) is 10.9. The van der Waals surface area contributed by atoms with Gasteiger partial charge < -0.3 is 10.2 Å². The minimum absolute atomic E-state index is 0.0753. The Morgan fingerprint density at radius 2 is 1.90 bits per heavy atom. The van der Waals surface area contributed by atoms with E-state index in [1.54, 1.807) is 36.4 Å². The molecule has 0 saturated heterocycles. The van der Waals surface area contributed by atoms with Crippen molar-refractivity contribution in [3.63, 3.8) is 0 Å². The Morgan fingerprint density at radius 1 is 1.10 bits per heavy atom. The van der Waals surface area contributed by atoms with Crippen LogP contribution >= 0.6 is 0 Å². The highest BCUT2D eigenvalue weighted by atomic mass is 19.1. The summed E-state index contributed by atoms with van der Waals surface area (Å²) in [7, 11) is 0. The van der Waals surface area contributed by atoms with Crippen LogP contribution < -0.4 is 11.2 Å². The summed E-state index contributed by atoms with van der Waals surface area (Å²) >= 11 is 0. The first-order valence-electron chi connectivity index (χ1n) is 6.21. The van der Waals surface area contributed by atoms with E-state index >= 15 is 0 Å². The highest BCUT2D eigenvalue weighted by Crippen LogP contribution is 2.24. The van der Waals surface area contributed by atoms with Crippen LogP contribution in [0.1, 0.15) is 5.76 Å². The Kier molecular flexibility index (Phi) is 3.08. The molecule has 0 aliphatic heterocycles. The van der Waals surface area contributed by atoms with Crippen molar-refractivity contribution < 1.29 is 8.81 Å². The summed E-state index contributed by atoms with van der Waals surface area (Å²) < 4.78 is 19.0. The summed E-state index contributed by atoms with van der Waals surface area (Å²) in [6.45, 7) is 0.0753. The number of hydrogen-bond acceptors (Lipinski definition) is 3. The fourth-order valence-electron chi connectivity index (χ4n) is 2.27. The Bertz CT molecular complexity index is 839. The van der Waals surface area contributed by atoms with E-state index in [1.165, 1.54) is 12.1 Å². The van der Waals surface area contributed by atoms with Gasteiger partial charge in [0.2, 0.25) is 5.43 Å². The predicted molar refractivity (Wildman–Crippen MR) is 75.8 cm³/mol. The van der Waals surface area contributed by atoms with Crippen molar-refractivity contribution in [1.29, 1.82) is 0 Å². The van der Waals surface area contributed by atoms with Crippen molar-refractivity contribution in [3.05, 3.63) is 70.3 Å². The average Bonchev–Trinajstić information content (AvgIpc) is 2.47. The fraction of sp³-hybridized carbons (Fsp3) is 0.0625. The molecule has 2 N–H and O–H groups in total. The van der Waals surface area contributed by atoms with Crippen molar-refractivity contribution in [2.75, 3.05) is 0 Å². The van der Waals surface area contributed by atoms with E-state index in [4.69, 9.17) is 10.2 Å². The number of fused-ring (bicyclic) bond motifs is 1. The van der Waals surface area contributed by atoms with E-state index in [0.29, 0.717) is 27.9 Å². The SMILES string of the molecule is NCc1oc2ccccc2c(=O)c1-c1cccc(F)c1. The van der Waals surface area contributed by atoms with Gasteiger partial charge in [-0.25, -0.2) is 4.39 Å². The van der Waals surface area contributed by atoms with Gasteiger partial charge in [0.15, 0.2) is 0 Å². The number of benzene rings is 2. The molecule has 1 heterocycles. The second kappa shape index (κ2) is 4.90. The van der Waals surface area contributed by atoms with Crippen LogP contribution in [0.5, 0.6) is 0 Å². The fourth-order valence-corrected chi connectivity index (χ4v) is 2.27. The smallest absolute Gasteiger partial charge is 0.200 e. The van der Waals surface area contributed by atoms with Crippen molar-refractivity contribution >= 4 is 11.0 Å². The Morgan fingerprint density at radius 3 is 2.65 bits per heavy atom. The number of hydrogen-bond donors (Lipinski definition) is 1. The predicted octanol–water partition coefficient (Wildman–Crippen LogP) is 3.06. The van der Waals surface area contributed by atoms with Gasteiger partial charge in [0, 0.05) is 0 Å². The van der Waals surface area contributed by atoms with Crippen LogP contribution in [-0.2, 0) is 6.54 Å². The molecular formula is C16H12FNO2. The van der Waals surface area contributed by atoms with Crippen molar-refractivity contribution in [2.45, 2.75) is 6.54 Å². The average molecular weight is 269 g/mol. The van der Waals surface area contributed by atoms with Crippen LogP contribution in [0.15, 0.2) is 57.7 Å². The lowest BCUT2D eigenvalue weighted by Crippen LogP contribution is -2.11. The molecule has 0 radical (unpaired) electrons. The molecule has 1 aromatic heterocycles. The van der Waals surface area contributed by atoms with Crippen LogP contribution in [0, 0.1) is 5.82 Å². The summed E-state index contributed by atoms with van der Waals surface area (Å²) in [6, 6.07) is 12.8. The summed E-state index contributed by atoms with van der Waals surface area (Å²) in [6.07, 6.45) is 0. The molecule has 3 aromatic rings. The summed E-state index contributed by atoms with van der Waals surface area (Å²) in [4.78, 5) is 12.6. The molecule has 0 unspecified atom stereocenters. The van der Waals surface area contributed by atoms with Crippen molar-refractivity contribution in [3.8, 4) is 11.1 Å². The Hall–Kier alpha value is -2.46. The molecule has 0 aliphatic rings. The van der Waals surface area contributed by atoms with Crippen LogP contribution in [0.25, 0.3) is 22.1 Å². The molecule has 4 heteroatoms. The maximum Gasteiger partial charge on any atom is 0.200 e. The van der Waals surface area contributed by atoms with Crippen LogP contribution in [0.3, 0.4) is 0 Å². The molecule has 0 amide bonds. The van der Waals surface area contributed by atoms with Gasteiger partial charge >= 0.3 is 0 Å². The summed E-state index contributed by atoms with van der Waals surface area (Å²) in [5.74, 6) is -0.0441. The van der Waals surface area contributed by atoms with E-state index in [-0.39, 0.29) is 12.0 Å². The number of para-hydroxylation sites is 1. The van der Waals surface area contributed by atoms with Gasteiger partial charge in [0.05, 0.1) is 17.5 Å². The maximum absolute atomic E-state index is 13.4. The van der Waals surface area contributed by atoms with Gasteiger partial charge in [-0.05, 0) is 29.8 Å². The van der Waals surface area contributed by atoms with E-state index in [2.05, 4.69) is 0 Å². The minimum Gasteiger partial charge on any atom is -0.459 e.